The summed E-state index contributed by atoms with van der Waals surface area (Å²) in [6.45, 7) is 0. The lowest BCUT2D eigenvalue weighted by Gasteiger charge is -2.06. The van der Waals surface area contributed by atoms with Crippen molar-refractivity contribution in [1.82, 2.24) is 9.55 Å². The highest BCUT2D eigenvalue weighted by atomic mass is 32.1. The third-order valence-corrected chi connectivity index (χ3v) is 5.03. The molecule has 120 valence electrons. The summed E-state index contributed by atoms with van der Waals surface area (Å²) in [5.74, 6) is 0.702. The zero-order chi connectivity index (χ0) is 17.4. The average molecular weight is 345 g/mol. The van der Waals surface area contributed by atoms with Crippen LogP contribution in [0.5, 0.6) is 5.75 Å². The molecule has 4 rings (SSSR count). The highest BCUT2D eigenvalue weighted by Gasteiger charge is 2.15. The van der Waals surface area contributed by atoms with Gasteiger partial charge < -0.3 is 4.74 Å². The summed E-state index contributed by atoms with van der Waals surface area (Å²) < 4.78 is 7.58. The fourth-order valence-electron chi connectivity index (χ4n) is 2.75. The summed E-state index contributed by atoms with van der Waals surface area (Å²) in [6, 6.07) is 5.72. The molecule has 3 aromatic rings. The summed E-state index contributed by atoms with van der Waals surface area (Å²) in [7, 11) is 1.60. The van der Waals surface area contributed by atoms with E-state index in [4.69, 9.17) is 10.00 Å². The van der Waals surface area contributed by atoms with Crippen molar-refractivity contribution in [3.8, 4) is 11.8 Å². The fourth-order valence-corrected chi connectivity index (χ4v) is 3.84. The smallest absolute Gasteiger partial charge is 0.273 e. The Labute approximate surface area is 146 Å². The molecule has 0 aliphatic heterocycles. The second kappa shape index (κ2) is 5.91. The van der Waals surface area contributed by atoms with Gasteiger partial charge in [0.15, 0.2) is 0 Å². The maximum atomic E-state index is 13.0. The van der Waals surface area contributed by atoms with Crippen molar-refractivity contribution < 1.29 is 4.74 Å². The molecule has 0 spiro atoms. The quantitative estimate of drug-likeness (QED) is 0.665. The monoisotopic (exact) mass is 345 g/mol. The lowest BCUT2D eigenvalue weighted by Crippen LogP contribution is -2.17. The number of nitriles is 1. The molecular formula is C19H11N3O2S. The summed E-state index contributed by atoms with van der Waals surface area (Å²) >= 11 is 1.35. The van der Waals surface area contributed by atoms with Crippen LogP contribution in [0.15, 0.2) is 64.9 Å². The fraction of sp³-hybridized carbons (Fsp3) is 0.0526. The zero-order valence-electron chi connectivity index (χ0n) is 13.2. The Balaban J connectivity index is 1.95. The maximum absolute atomic E-state index is 13.0. The van der Waals surface area contributed by atoms with E-state index in [0.29, 0.717) is 21.7 Å². The SMILES string of the molecule is COc1ccnc2sc3c(=O)n(C4=CC=C=C(C#N)C=C4)ccc3c12. The second-order valence-corrected chi connectivity index (χ2v) is 6.29. The molecule has 25 heavy (non-hydrogen) atoms. The lowest BCUT2D eigenvalue weighted by molar-refractivity contribution is 0.420. The zero-order valence-corrected chi connectivity index (χ0v) is 14.0. The van der Waals surface area contributed by atoms with E-state index >= 15 is 0 Å². The van der Waals surface area contributed by atoms with E-state index in [9.17, 15) is 4.79 Å². The molecule has 3 heterocycles. The van der Waals surface area contributed by atoms with Crippen LogP contribution in [0.25, 0.3) is 26.0 Å². The number of rotatable bonds is 2. The number of fused-ring (bicyclic) bond motifs is 3. The van der Waals surface area contributed by atoms with Crippen LogP contribution in [-0.4, -0.2) is 16.7 Å². The number of methoxy groups -OCH3 is 1. The van der Waals surface area contributed by atoms with Crippen molar-refractivity contribution in [2.75, 3.05) is 7.11 Å². The Hall–Kier alpha value is -3.39. The molecule has 0 saturated heterocycles. The number of allylic oxidation sites excluding steroid dienone is 5. The first kappa shape index (κ1) is 15.2. The predicted molar refractivity (Wildman–Crippen MR) is 98.6 cm³/mol. The van der Waals surface area contributed by atoms with Gasteiger partial charge in [0.25, 0.3) is 5.56 Å². The van der Waals surface area contributed by atoms with Gasteiger partial charge >= 0.3 is 0 Å². The van der Waals surface area contributed by atoms with Crippen LogP contribution in [0, 0.1) is 11.3 Å². The summed E-state index contributed by atoms with van der Waals surface area (Å²) in [6.07, 6.45) is 10.2. The van der Waals surface area contributed by atoms with Gasteiger partial charge in [-0.05, 0) is 36.4 Å². The van der Waals surface area contributed by atoms with Crippen molar-refractivity contribution in [3.05, 3.63) is 70.5 Å². The van der Waals surface area contributed by atoms with Gasteiger partial charge in [0.2, 0.25) is 0 Å². The van der Waals surface area contributed by atoms with Crippen molar-refractivity contribution in [2.24, 2.45) is 0 Å². The molecule has 0 atom stereocenters. The molecule has 0 fully saturated rings. The third kappa shape index (κ3) is 2.39. The predicted octanol–water partition coefficient (Wildman–Crippen LogP) is 3.64. The number of nitrogens with zero attached hydrogens (tertiary/aromatic N) is 3. The molecule has 0 N–H and O–H groups in total. The van der Waals surface area contributed by atoms with Gasteiger partial charge in [0.1, 0.15) is 21.3 Å². The first-order chi connectivity index (χ1) is 12.2. The Morgan fingerprint density at radius 3 is 3.04 bits per heavy atom. The molecule has 0 bridgehead atoms. The normalized spacial score (nSPS) is 13.4. The number of pyridine rings is 2. The molecule has 0 saturated carbocycles. The molecule has 0 aromatic carbocycles. The van der Waals surface area contributed by atoms with Crippen LogP contribution < -0.4 is 10.3 Å². The van der Waals surface area contributed by atoms with Crippen molar-refractivity contribution >= 4 is 37.3 Å². The molecule has 5 nitrogen and oxygen atoms in total. The Morgan fingerprint density at radius 1 is 1.36 bits per heavy atom. The van der Waals surface area contributed by atoms with Crippen LogP contribution in [0.1, 0.15) is 0 Å². The minimum absolute atomic E-state index is 0.132. The largest absolute Gasteiger partial charge is 0.496 e. The Kier molecular flexibility index (Phi) is 3.58. The third-order valence-electron chi connectivity index (χ3n) is 3.93. The average Bonchev–Trinajstić information content (AvgIpc) is 2.86. The van der Waals surface area contributed by atoms with E-state index in [1.165, 1.54) is 11.3 Å². The molecule has 0 unspecified atom stereocenters. The maximum Gasteiger partial charge on any atom is 0.273 e. The number of aromatic nitrogens is 2. The molecule has 3 aromatic heterocycles. The van der Waals surface area contributed by atoms with Crippen LogP contribution >= 0.6 is 11.3 Å². The van der Waals surface area contributed by atoms with Crippen molar-refractivity contribution in [3.63, 3.8) is 0 Å². The van der Waals surface area contributed by atoms with Gasteiger partial charge in [-0.15, -0.1) is 17.1 Å². The van der Waals surface area contributed by atoms with E-state index in [0.717, 1.165) is 15.6 Å². The topological polar surface area (TPSA) is 67.9 Å². The van der Waals surface area contributed by atoms with E-state index in [-0.39, 0.29) is 5.56 Å². The number of ether oxygens (including phenoxy) is 1. The van der Waals surface area contributed by atoms with Crippen LogP contribution in [0.3, 0.4) is 0 Å². The number of hydrogen-bond acceptors (Lipinski definition) is 5. The summed E-state index contributed by atoms with van der Waals surface area (Å²) in [5.41, 5.74) is 3.80. The molecule has 6 heteroatoms. The van der Waals surface area contributed by atoms with Gasteiger partial charge in [-0.3, -0.25) is 9.36 Å². The second-order valence-electron chi connectivity index (χ2n) is 5.29. The number of hydrogen-bond donors (Lipinski definition) is 0. The van der Waals surface area contributed by atoms with E-state index in [1.54, 1.807) is 54.4 Å². The molecule has 0 radical (unpaired) electrons. The standard InChI is InChI=1S/C19H11N3O2S/c1-24-15-7-9-21-18-16(15)14-8-10-22(19(23)17(14)25-18)13-4-2-3-12(11-20)5-6-13/h2,4-10H,1H3. The minimum Gasteiger partial charge on any atom is -0.496 e. The van der Waals surface area contributed by atoms with Gasteiger partial charge in [-0.25, -0.2) is 4.98 Å². The van der Waals surface area contributed by atoms with Gasteiger partial charge in [-0.1, -0.05) is 0 Å². The van der Waals surface area contributed by atoms with E-state index in [2.05, 4.69) is 10.7 Å². The van der Waals surface area contributed by atoms with Crippen LogP contribution in [0.4, 0.5) is 0 Å². The summed E-state index contributed by atoms with van der Waals surface area (Å²) in [5, 5.41) is 10.7. The van der Waals surface area contributed by atoms with E-state index < -0.39 is 0 Å². The highest BCUT2D eigenvalue weighted by molar-refractivity contribution is 7.25. The van der Waals surface area contributed by atoms with Gasteiger partial charge in [-0.2, -0.15) is 5.26 Å². The Bertz CT molecular complexity index is 1250. The lowest BCUT2D eigenvalue weighted by atomic mass is 10.2. The molecule has 1 aliphatic rings. The molecular weight excluding hydrogens is 334 g/mol. The Morgan fingerprint density at radius 2 is 2.24 bits per heavy atom. The molecule has 0 amide bonds. The highest BCUT2D eigenvalue weighted by Crippen LogP contribution is 2.36. The minimum atomic E-state index is -0.132. The van der Waals surface area contributed by atoms with Crippen LogP contribution in [0.2, 0.25) is 0 Å². The van der Waals surface area contributed by atoms with Crippen LogP contribution in [-0.2, 0) is 0 Å². The van der Waals surface area contributed by atoms with Gasteiger partial charge in [0, 0.05) is 23.5 Å². The first-order valence-corrected chi connectivity index (χ1v) is 8.27. The first-order valence-electron chi connectivity index (χ1n) is 7.45. The number of thiophene rings is 1. The van der Waals surface area contributed by atoms with Gasteiger partial charge in [0.05, 0.1) is 18.1 Å². The summed E-state index contributed by atoms with van der Waals surface area (Å²) in [4.78, 5) is 18.1. The van der Waals surface area contributed by atoms with Crippen molar-refractivity contribution in [1.29, 1.82) is 5.26 Å². The molecule has 1 aliphatic carbocycles. The van der Waals surface area contributed by atoms with E-state index in [1.807, 2.05) is 12.1 Å². The van der Waals surface area contributed by atoms with Crippen molar-refractivity contribution in [2.45, 2.75) is 0 Å².